The normalized spacial score (nSPS) is 11.4. The van der Waals surface area contributed by atoms with Crippen molar-refractivity contribution in [1.29, 1.82) is 0 Å². The summed E-state index contributed by atoms with van der Waals surface area (Å²) in [6, 6.07) is 32.8. The van der Waals surface area contributed by atoms with Gasteiger partial charge in [-0.1, -0.05) is 82.7 Å². The lowest BCUT2D eigenvalue weighted by Crippen LogP contribution is -1.86. The zero-order valence-electron chi connectivity index (χ0n) is 13.5. The van der Waals surface area contributed by atoms with Crippen molar-refractivity contribution in [2.24, 2.45) is 0 Å². The third kappa shape index (κ3) is 2.43. The maximum absolute atomic E-state index is 3.64. The molecule has 0 aliphatic heterocycles. The highest BCUT2D eigenvalue weighted by Gasteiger charge is 2.10. The molecule has 5 aromatic carbocycles. The molecule has 0 amide bonds. The predicted molar refractivity (Wildman–Crippen MR) is 112 cm³/mol. The number of hydrogen-bond acceptors (Lipinski definition) is 0. The van der Waals surface area contributed by atoms with Gasteiger partial charge in [0.05, 0.1) is 0 Å². The monoisotopic (exact) mass is 382 g/mol. The molecule has 0 aliphatic rings. The second-order valence-corrected chi connectivity index (χ2v) is 7.32. The highest BCUT2D eigenvalue weighted by molar-refractivity contribution is 9.10. The van der Waals surface area contributed by atoms with E-state index in [4.69, 9.17) is 0 Å². The topological polar surface area (TPSA) is 0 Å². The van der Waals surface area contributed by atoms with Gasteiger partial charge in [-0.15, -0.1) is 0 Å². The predicted octanol–water partition coefficient (Wildman–Crippen LogP) is 7.58. The third-order valence-electron chi connectivity index (χ3n) is 4.86. The van der Waals surface area contributed by atoms with Gasteiger partial charge in [-0.2, -0.15) is 0 Å². The number of benzene rings is 5. The van der Waals surface area contributed by atoms with E-state index >= 15 is 0 Å². The molecule has 0 aliphatic carbocycles. The molecule has 0 nitrogen and oxygen atoms in total. The van der Waals surface area contributed by atoms with Gasteiger partial charge < -0.3 is 0 Å². The molecule has 0 spiro atoms. The summed E-state index contributed by atoms with van der Waals surface area (Å²) < 4.78 is 1.11. The van der Waals surface area contributed by atoms with Crippen LogP contribution in [0.4, 0.5) is 0 Å². The Hall–Kier alpha value is -2.64. The Morgan fingerprint density at radius 2 is 1.16 bits per heavy atom. The third-order valence-corrected chi connectivity index (χ3v) is 5.36. The number of halogens is 1. The Morgan fingerprint density at radius 1 is 0.480 bits per heavy atom. The molecular weight excluding hydrogens is 368 g/mol. The summed E-state index contributed by atoms with van der Waals surface area (Å²) in [5.74, 6) is 0. The van der Waals surface area contributed by atoms with Crippen molar-refractivity contribution in [2.75, 3.05) is 0 Å². The van der Waals surface area contributed by atoms with Gasteiger partial charge in [-0.05, 0) is 67.7 Å². The molecule has 0 N–H and O–H groups in total. The first-order valence-corrected chi connectivity index (χ1v) is 9.19. The minimum absolute atomic E-state index is 1.11. The zero-order chi connectivity index (χ0) is 16.8. The van der Waals surface area contributed by atoms with Crippen molar-refractivity contribution in [3.8, 4) is 11.1 Å². The smallest absolute Gasteiger partial charge is 0.0181 e. The molecular formula is C24H15Br. The maximum atomic E-state index is 3.64. The lowest BCUT2D eigenvalue weighted by molar-refractivity contribution is 1.68. The molecule has 0 radical (unpaired) electrons. The summed E-state index contributed by atoms with van der Waals surface area (Å²) in [7, 11) is 0. The Morgan fingerprint density at radius 3 is 2.04 bits per heavy atom. The molecule has 0 heterocycles. The van der Waals surface area contributed by atoms with E-state index in [1.807, 2.05) is 0 Å². The summed E-state index contributed by atoms with van der Waals surface area (Å²) in [6.07, 6.45) is 0. The fraction of sp³-hybridized carbons (Fsp3) is 0. The Bertz CT molecular complexity index is 1250. The summed E-state index contributed by atoms with van der Waals surface area (Å²) in [4.78, 5) is 0. The lowest BCUT2D eigenvalue weighted by atomic mass is 9.91. The molecule has 0 atom stereocenters. The SMILES string of the molecule is Brc1ccc2cc3ccccc3c(-c3ccc4ccccc4c3)c2c1. The summed E-state index contributed by atoms with van der Waals surface area (Å²) >= 11 is 3.64. The standard InChI is InChI=1S/C24H15Br/c25-21-12-11-19-14-18-7-3-4-8-22(18)24(23(19)15-21)20-10-9-16-5-1-2-6-17(16)13-20/h1-15H. The van der Waals surface area contributed by atoms with Crippen LogP contribution in [0.3, 0.4) is 0 Å². The Balaban J connectivity index is 1.95. The molecule has 118 valence electrons. The van der Waals surface area contributed by atoms with Gasteiger partial charge in [-0.25, -0.2) is 0 Å². The first-order valence-electron chi connectivity index (χ1n) is 8.40. The van der Waals surface area contributed by atoms with Gasteiger partial charge in [-0.3, -0.25) is 0 Å². The van der Waals surface area contributed by atoms with E-state index in [0.717, 1.165) is 4.47 Å². The van der Waals surface area contributed by atoms with Crippen molar-refractivity contribution >= 4 is 48.2 Å². The first-order chi connectivity index (χ1) is 12.3. The van der Waals surface area contributed by atoms with Crippen LogP contribution in [-0.2, 0) is 0 Å². The van der Waals surface area contributed by atoms with E-state index in [1.165, 1.54) is 43.4 Å². The van der Waals surface area contributed by atoms with E-state index < -0.39 is 0 Å². The van der Waals surface area contributed by atoms with Crippen LogP contribution in [-0.4, -0.2) is 0 Å². The Labute approximate surface area is 154 Å². The molecule has 0 saturated heterocycles. The van der Waals surface area contributed by atoms with Gasteiger partial charge in [0, 0.05) is 4.47 Å². The highest BCUT2D eigenvalue weighted by atomic mass is 79.9. The average Bonchev–Trinajstić information content (AvgIpc) is 2.66. The summed E-state index contributed by atoms with van der Waals surface area (Å²) in [6.45, 7) is 0. The zero-order valence-corrected chi connectivity index (χ0v) is 15.1. The van der Waals surface area contributed by atoms with Crippen molar-refractivity contribution in [3.05, 3.63) is 95.5 Å². The van der Waals surface area contributed by atoms with Crippen LogP contribution in [0, 0.1) is 0 Å². The minimum atomic E-state index is 1.11. The average molecular weight is 383 g/mol. The van der Waals surface area contributed by atoms with Crippen LogP contribution in [0.15, 0.2) is 95.5 Å². The first kappa shape index (κ1) is 14.7. The number of fused-ring (bicyclic) bond motifs is 3. The number of rotatable bonds is 1. The van der Waals surface area contributed by atoms with Crippen LogP contribution >= 0.6 is 15.9 Å². The summed E-state index contributed by atoms with van der Waals surface area (Å²) in [5, 5.41) is 7.67. The quantitative estimate of drug-likeness (QED) is 0.262. The van der Waals surface area contributed by atoms with Crippen LogP contribution in [0.2, 0.25) is 0 Å². The maximum Gasteiger partial charge on any atom is 0.0181 e. The van der Waals surface area contributed by atoms with E-state index in [9.17, 15) is 0 Å². The van der Waals surface area contributed by atoms with Gasteiger partial charge in [0.1, 0.15) is 0 Å². The van der Waals surface area contributed by atoms with Crippen LogP contribution < -0.4 is 0 Å². The van der Waals surface area contributed by atoms with Gasteiger partial charge >= 0.3 is 0 Å². The van der Waals surface area contributed by atoms with E-state index in [-0.39, 0.29) is 0 Å². The molecule has 0 aromatic heterocycles. The van der Waals surface area contributed by atoms with Crippen molar-refractivity contribution < 1.29 is 0 Å². The molecule has 5 aromatic rings. The molecule has 5 rings (SSSR count). The second-order valence-electron chi connectivity index (χ2n) is 6.40. The van der Waals surface area contributed by atoms with Crippen LogP contribution in [0.1, 0.15) is 0 Å². The largest absolute Gasteiger partial charge is 0.0616 e. The van der Waals surface area contributed by atoms with Crippen molar-refractivity contribution in [2.45, 2.75) is 0 Å². The fourth-order valence-corrected chi connectivity index (χ4v) is 4.05. The molecule has 0 unspecified atom stereocenters. The van der Waals surface area contributed by atoms with Gasteiger partial charge in [0.15, 0.2) is 0 Å². The van der Waals surface area contributed by atoms with E-state index in [1.54, 1.807) is 0 Å². The number of hydrogen-bond donors (Lipinski definition) is 0. The summed E-state index contributed by atoms with van der Waals surface area (Å²) in [5.41, 5.74) is 2.57. The molecule has 0 fully saturated rings. The second kappa shape index (κ2) is 5.72. The van der Waals surface area contributed by atoms with Gasteiger partial charge in [0.2, 0.25) is 0 Å². The molecule has 1 heteroatoms. The van der Waals surface area contributed by atoms with Gasteiger partial charge in [0.25, 0.3) is 0 Å². The van der Waals surface area contributed by atoms with Crippen LogP contribution in [0.25, 0.3) is 43.4 Å². The van der Waals surface area contributed by atoms with E-state index in [2.05, 4.69) is 107 Å². The fourth-order valence-electron chi connectivity index (χ4n) is 3.69. The van der Waals surface area contributed by atoms with Crippen molar-refractivity contribution in [3.63, 3.8) is 0 Å². The van der Waals surface area contributed by atoms with Crippen molar-refractivity contribution in [1.82, 2.24) is 0 Å². The molecule has 25 heavy (non-hydrogen) atoms. The molecule has 0 bridgehead atoms. The Kier molecular flexibility index (Phi) is 3.36. The van der Waals surface area contributed by atoms with Crippen LogP contribution in [0.5, 0.6) is 0 Å². The lowest BCUT2D eigenvalue weighted by Gasteiger charge is -2.13. The van der Waals surface area contributed by atoms with E-state index in [0.29, 0.717) is 0 Å². The minimum Gasteiger partial charge on any atom is -0.0616 e. The molecule has 0 saturated carbocycles. The highest BCUT2D eigenvalue weighted by Crippen LogP contribution is 2.38.